The molecule has 3 heteroatoms. The largest absolute Gasteiger partial charge is 0.338 e. The van der Waals surface area contributed by atoms with Crippen molar-refractivity contribution in [2.45, 2.75) is 27.7 Å². The molecular weight excluding hydrogens is 392 g/mol. The Labute approximate surface area is 190 Å². The Morgan fingerprint density at radius 1 is 0.438 bits per heavy atom. The highest BCUT2D eigenvalue weighted by atomic mass is 16.2. The van der Waals surface area contributed by atoms with Crippen molar-refractivity contribution in [3.63, 3.8) is 0 Å². The zero-order valence-electron chi connectivity index (χ0n) is 19.0. The first-order chi connectivity index (χ1) is 15.5. The maximum absolute atomic E-state index is 14.5. The average molecular weight is 421 g/mol. The number of para-hydroxylation sites is 4. The van der Waals surface area contributed by atoms with Crippen LogP contribution >= 0.6 is 0 Å². The summed E-state index contributed by atoms with van der Waals surface area (Å²) in [6.45, 7) is 8.17. The highest BCUT2D eigenvalue weighted by Gasteiger charge is 2.29. The molecule has 3 nitrogen and oxygen atoms in total. The van der Waals surface area contributed by atoms with Crippen LogP contribution < -0.4 is 9.80 Å². The summed E-state index contributed by atoms with van der Waals surface area (Å²) in [6, 6.07) is 32.0. The molecule has 0 saturated carbocycles. The average Bonchev–Trinajstić information content (AvgIpc) is 2.79. The molecule has 0 radical (unpaired) electrons. The Bertz CT molecular complexity index is 1070. The van der Waals surface area contributed by atoms with E-state index >= 15 is 0 Å². The van der Waals surface area contributed by atoms with Crippen molar-refractivity contribution < 1.29 is 4.79 Å². The van der Waals surface area contributed by atoms with Gasteiger partial charge in [0.15, 0.2) is 0 Å². The first-order valence-corrected chi connectivity index (χ1v) is 10.9. The van der Waals surface area contributed by atoms with E-state index in [9.17, 15) is 4.79 Å². The van der Waals surface area contributed by atoms with E-state index in [1.807, 2.05) is 135 Å². The molecule has 0 spiro atoms. The van der Waals surface area contributed by atoms with Gasteiger partial charge in [0.1, 0.15) is 0 Å². The van der Waals surface area contributed by atoms with Crippen molar-refractivity contribution >= 4 is 28.8 Å². The number of carbonyl (C=O) groups is 1. The van der Waals surface area contributed by atoms with E-state index in [4.69, 9.17) is 0 Å². The third-order valence-electron chi connectivity index (χ3n) is 5.81. The van der Waals surface area contributed by atoms with Crippen molar-refractivity contribution in [2.24, 2.45) is 0 Å². The van der Waals surface area contributed by atoms with Crippen LogP contribution in [0.15, 0.2) is 97.1 Å². The third kappa shape index (κ3) is 4.02. The second kappa shape index (κ2) is 9.11. The molecule has 4 aromatic rings. The number of carbonyl (C=O) groups excluding carboxylic acids is 1. The van der Waals surface area contributed by atoms with Gasteiger partial charge < -0.3 is 0 Å². The van der Waals surface area contributed by atoms with Crippen molar-refractivity contribution in [1.29, 1.82) is 0 Å². The van der Waals surface area contributed by atoms with Gasteiger partial charge >= 0.3 is 6.03 Å². The van der Waals surface area contributed by atoms with Crippen LogP contribution in [-0.4, -0.2) is 6.03 Å². The molecule has 0 bridgehead atoms. The topological polar surface area (TPSA) is 23.6 Å². The summed E-state index contributed by atoms with van der Waals surface area (Å²) in [5.41, 5.74) is 7.66. The molecule has 0 fully saturated rings. The molecule has 0 unspecified atom stereocenters. The van der Waals surface area contributed by atoms with Gasteiger partial charge in [-0.05, 0) is 74.2 Å². The first-order valence-electron chi connectivity index (χ1n) is 10.9. The van der Waals surface area contributed by atoms with Crippen LogP contribution in [0.2, 0.25) is 0 Å². The molecule has 4 rings (SSSR count). The van der Waals surface area contributed by atoms with Gasteiger partial charge in [-0.2, -0.15) is 0 Å². The monoisotopic (exact) mass is 420 g/mol. The van der Waals surface area contributed by atoms with Gasteiger partial charge in [0.2, 0.25) is 0 Å². The van der Waals surface area contributed by atoms with E-state index in [2.05, 4.69) is 0 Å². The lowest BCUT2D eigenvalue weighted by Crippen LogP contribution is -2.39. The molecule has 0 heterocycles. The maximum Gasteiger partial charge on any atom is 0.338 e. The number of hydrogen-bond acceptors (Lipinski definition) is 1. The molecule has 160 valence electrons. The summed E-state index contributed by atoms with van der Waals surface area (Å²) in [4.78, 5) is 18.2. The standard InChI is InChI=1S/C29H28N2O/c1-21-13-5-9-17-25(21)30(26-18-10-6-14-22(26)2)29(32)31(27-19-11-7-15-23(27)3)28-20-12-8-16-24(28)4/h5-20H,1-4H3. The van der Waals surface area contributed by atoms with Crippen LogP contribution in [0.1, 0.15) is 22.3 Å². The van der Waals surface area contributed by atoms with Crippen LogP contribution in [0, 0.1) is 27.7 Å². The lowest BCUT2D eigenvalue weighted by atomic mass is 10.1. The lowest BCUT2D eigenvalue weighted by molar-refractivity contribution is 0.255. The summed E-state index contributed by atoms with van der Waals surface area (Å²) in [6.07, 6.45) is 0. The molecule has 0 saturated heterocycles. The molecule has 0 N–H and O–H groups in total. The Morgan fingerprint density at radius 2 is 0.656 bits per heavy atom. The Hall–Kier alpha value is -3.85. The van der Waals surface area contributed by atoms with E-state index in [-0.39, 0.29) is 6.03 Å². The number of benzene rings is 4. The lowest BCUT2D eigenvalue weighted by Gasteiger charge is -2.34. The number of rotatable bonds is 4. The van der Waals surface area contributed by atoms with Crippen LogP contribution in [-0.2, 0) is 0 Å². The zero-order valence-corrected chi connectivity index (χ0v) is 19.0. The van der Waals surface area contributed by atoms with Gasteiger partial charge in [-0.3, -0.25) is 9.80 Å². The van der Waals surface area contributed by atoms with E-state index in [1.54, 1.807) is 0 Å². The SMILES string of the molecule is Cc1ccccc1N(C(=O)N(c1ccccc1C)c1ccccc1C)c1ccccc1C. The first kappa shape index (κ1) is 21.4. The second-order valence-electron chi connectivity index (χ2n) is 8.10. The fourth-order valence-electron chi connectivity index (χ4n) is 4.03. The van der Waals surface area contributed by atoms with E-state index < -0.39 is 0 Å². The van der Waals surface area contributed by atoms with Crippen LogP contribution in [0.5, 0.6) is 0 Å². The predicted molar refractivity (Wildman–Crippen MR) is 134 cm³/mol. The summed E-state index contributed by atoms with van der Waals surface area (Å²) < 4.78 is 0. The van der Waals surface area contributed by atoms with Crippen LogP contribution in [0.25, 0.3) is 0 Å². The van der Waals surface area contributed by atoms with Crippen molar-refractivity contribution in [3.8, 4) is 0 Å². The van der Waals surface area contributed by atoms with E-state index in [0.29, 0.717) is 0 Å². The summed E-state index contributed by atoms with van der Waals surface area (Å²) in [5.74, 6) is 0. The highest BCUT2D eigenvalue weighted by molar-refractivity contribution is 6.13. The number of anilines is 4. The third-order valence-corrected chi connectivity index (χ3v) is 5.81. The summed E-state index contributed by atoms with van der Waals surface area (Å²) in [5, 5.41) is 0. The quantitative estimate of drug-likeness (QED) is 0.328. The van der Waals surface area contributed by atoms with Crippen molar-refractivity contribution in [3.05, 3.63) is 119 Å². The number of amides is 2. The fourth-order valence-corrected chi connectivity index (χ4v) is 4.03. The summed E-state index contributed by atoms with van der Waals surface area (Å²) in [7, 11) is 0. The van der Waals surface area contributed by atoms with Gasteiger partial charge in [-0.15, -0.1) is 0 Å². The Morgan fingerprint density at radius 3 is 0.875 bits per heavy atom. The van der Waals surface area contributed by atoms with Gasteiger partial charge in [-0.1, -0.05) is 72.8 Å². The number of hydrogen-bond donors (Lipinski definition) is 0. The zero-order chi connectivity index (χ0) is 22.7. The minimum Gasteiger partial charge on any atom is -0.262 e. The highest BCUT2D eigenvalue weighted by Crippen LogP contribution is 2.37. The fraction of sp³-hybridized carbons (Fsp3) is 0.138. The van der Waals surface area contributed by atoms with Gasteiger partial charge in [-0.25, -0.2) is 4.79 Å². The molecule has 2 amide bonds. The van der Waals surface area contributed by atoms with Gasteiger partial charge in [0.25, 0.3) is 0 Å². The van der Waals surface area contributed by atoms with Crippen LogP contribution in [0.3, 0.4) is 0 Å². The van der Waals surface area contributed by atoms with Crippen LogP contribution in [0.4, 0.5) is 27.5 Å². The number of nitrogens with zero attached hydrogens (tertiary/aromatic N) is 2. The Kier molecular flexibility index (Phi) is 6.09. The maximum atomic E-state index is 14.5. The molecule has 0 atom stereocenters. The molecule has 4 aromatic carbocycles. The number of urea groups is 1. The molecule has 0 aliphatic carbocycles. The van der Waals surface area contributed by atoms with Gasteiger partial charge in [0, 0.05) is 0 Å². The molecule has 0 aromatic heterocycles. The van der Waals surface area contributed by atoms with E-state index in [0.717, 1.165) is 45.0 Å². The smallest absolute Gasteiger partial charge is 0.262 e. The Balaban J connectivity index is 1.97. The molecular formula is C29H28N2O. The minimum atomic E-state index is -0.114. The van der Waals surface area contributed by atoms with Crippen molar-refractivity contribution in [1.82, 2.24) is 0 Å². The molecule has 32 heavy (non-hydrogen) atoms. The number of aryl methyl sites for hydroxylation is 4. The second-order valence-corrected chi connectivity index (χ2v) is 8.10. The molecule has 0 aliphatic heterocycles. The predicted octanol–water partition coefficient (Wildman–Crippen LogP) is 8.02. The normalized spacial score (nSPS) is 10.6. The van der Waals surface area contributed by atoms with Crippen molar-refractivity contribution in [2.75, 3.05) is 9.80 Å². The minimum absolute atomic E-state index is 0.114. The summed E-state index contributed by atoms with van der Waals surface area (Å²) >= 11 is 0. The van der Waals surface area contributed by atoms with E-state index in [1.165, 1.54) is 0 Å². The molecule has 0 aliphatic rings. The van der Waals surface area contributed by atoms with Gasteiger partial charge in [0.05, 0.1) is 22.7 Å².